The summed E-state index contributed by atoms with van der Waals surface area (Å²) < 4.78 is 0. The maximum absolute atomic E-state index is 13.2. The molecule has 3 N–H and O–H groups in total. The number of nitrogens with one attached hydrogen (secondary N) is 2. The molecule has 4 rings (SSSR count). The highest BCUT2D eigenvalue weighted by atomic mass is 32.1. The molecular formula is C27H27N3O5S. The molecule has 0 bridgehead atoms. The molecule has 9 heteroatoms. The maximum atomic E-state index is 13.2. The molecule has 0 fully saturated rings. The molecule has 2 aromatic carbocycles. The van der Waals surface area contributed by atoms with Gasteiger partial charge in [0.1, 0.15) is 6.04 Å². The topological polar surface area (TPSA) is 116 Å². The summed E-state index contributed by atoms with van der Waals surface area (Å²) in [6.45, 7) is 4.38. The summed E-state index contributed by atoms with van der Waals surface area (Å²) in [6, 6.07) is 13.1. The number of carbonyl (C=O) groups excluding carboxylic acids is 3. The average molecular weight is 506 g/mol. The molecule has 0 saturated carbocycles. The van der Waals surface area contributed by atoms with Crippen LogP contribution in [0.2, 0.25) is 0 Å². The summed E-state index contributed by atoms with van der Waals surface area (Å²) in [6.07, 6.45) is 0.597. The fraction of sp³-hybridized carbons (Fsp3) is 0.259. The first-order valence-corrected chi connectivity index (χ1v) is 12.5. The van der Waals surface area contributed by atoms with Gasteiger partial charge in [-0.05, 0) is 66.1 Å². The first-order valence-electron chi connectivity index (χ1n) is 11.6. The van der Waals surface area contributed by atoms with Crippen LogP contribution in [0.5, 0.6) is 0 Å². The van der Waals surface area contributed by atoms with E-state index in [2.05, 4.69) is 10.6 Å². The molecule has 2 heterocycles. The molecule has 1 aliphatic rings. The molecule has 1 atom stereocenters. The van der Waals surface area contributed by atoms with Crippen LogP contribution in [0.25, 0.3) is 0 Å². The highest BCUT2D eigenvalue weighted by molar-refractivity contribution is 7.12. The zero-order valence-electron chi connectivity index (χ0n) is 20.0. The Hall–Kier alpha value is -3.98. The zero-order valence-corrected chi connectivity index (χ0v) is 20.9. The summed E-state index contributed by atoms with van der Waals surface area (Å²) in [4.78, 5) is 52.3. The summed E-state index contributed by atoms with van der Waals surface area (Å²) >= 11 is 1.25. The van der Waals surface area contributed by atoms with Crippen LogP contribution in [0.4, 0.5) is 0 Å². The second kappa shape index (κ2) is 10.7. The van der Waals surface area contributed by atoms with Crippen molar-refractivity contribution < 1.29 is 24.3 Å². The van der Waals surface area contributed by atoms with E-state index >= 15 is 0 Å². The van der Waals surface area contributed by atoms with E-state index in [9.17, 15) is 24.3 Å². The van der Waals surface area contributed by atoms with Gasteiger partial charge in [0.15, 0.2) is 0 Å². The number of rotatable bonds is 7. The van der Waals surface area contributed by atoms with Gasteiger partial charge in [-0.1, -0.05) is 30.3 Å². The van der Waals surface area contributed by atoms with Crippen LogP contribution in [0.3, 0.4) is 0 Å². The van der Waals surface area contributed by atoms with E-state index in [1.54, 1.807) is 41.5 Å². The first-order chi connectivity index (χ1) is 17.3. The Morgan fingerprint density at radius 1 is 1.06 bits per heavy atom. The van der Waals surface area contributed by atoms with E-state index in [4.69, 9.17) is 0 Å². The van der Waals surface area contributed by atoms with Crippen molar-refractivity contribution in [2.24, 2.45) is 0 Å². The second-order valence-electron chi connectivity index (χ2n) is 8.73. The van der Waals surface area contributed by atoms with Crippen molar-refractivity contribution in [3.05, 3.63) is 92.2 Å². The number of aliphatic carboxylic acids is 1. The van der Waals surface area contributed by atoms with E-state index in [1.165, 1.54) is 11.3 Å². The van der Waals surface area contributed by atoms with Gasteiger partial charge in [0.05, 0.1) is 4.88 Å². The lowest BCUT2D eigenvalue weighted by Crippen LogP contribution is -2.48. The zero-order chi connectivity index (χ0) is 25.8. The number of thiophene rings is 1. The Morgan fingerprint density at radius 3 is 2.47 bits per heavy atom. The lowest BCUT2D eigenvalue weighted by Gasteiger charge is -2.31. The quantitative estimate of drug-likeness (QED) is 0.456. The molecule has 3 amide bonds. The summed E-state index contributed by atoms with van der Waals surface area (Å²) in [7, 11) is 0. The molecule has 1 aliphatic heterocycles. The van der Waals surface area contributed by atoms with Gasteiger partial charge in [0, 0.05) is 30.8 Å². The van der Waals surface area contributed by atoms with Crippen LogP contribution < -0.4 is 10.6 Å². The van der Waals surface area contributed by atoms with Crippen LogP contribution in [-0.4, -0.2) is 52.8 Å². The number of carbonyl (C=O) groups is 4. The molecular weight excluding hydrogens is 478 g/mol. The van der Waals surface area contributed by atoms with Crippen LogP contribution >= 0.6 is 11.3 Å². The fourth-order valence-electron chi connectivity index (χ4n) is 4.53. The number of hydrogen-bond acceptors (Lipinski definition) is 5. The summed E-state index contributed by atoms with van der Waals surface area (Å²) in [5, 5.41) is 16.5. The smallest absolute Gasteiger partial charge is 0.328 e. The molecule has 8 nitrogen and oxygen atoms in total. The first kappa shape index (κ1) is 25.1. The third kappa shape index (κ3) is 5.31. The van der Waals surface area contributed by atoms with Crippen LogP contribution in [0.15, 0.2) is 53.9 Å². The maximum Gasteiger partial charge on any atom is 0.328 e. The predicted octanol–water partition coefficient (Wildman–Crippen LogP) is 3.18. The lowest BCUT2D eigenvalue weighted by molar-refractivity contribution is -0.139. The van der Waals surface area contributed by atoms with Crippen LogP contribution in [0.1, 0.15) is 52.6 Å². The number of carboxylic acids is 1. The van der Waals surface area contributed by atoms with Gasteiger partial charge in [0.25, 0.3) is 17.7 Å². The third-order valence-electron chi connectivity index (χ3n) is 6.34. The number of carboxylic acid groups (broad SMARTS) is 1. The van der Waals surface area contributed by atoms with Crippen molar-refractivity contribution in [3.8, 4) is 0 Å². The van der Waals surface area contributed by atoms with Gasteiger partial charge < -0.3 is 20.6 Å². The lowest BCUT2D eigenvalue weighted by atomic mass is 9.88. The van der Waals surface area contributed by atoms with E-state index < -0.39 is 17.9 Å². The number of amides is 3. The third-order valence-corrected chi connectivity index (χ3v) is 7.21. The molecule has 186 valence electrons. The highest BCUT2D eigenvalue weighted by Gasteiger charge is 2.28. The Bertz CT molecular complexity index is 1300. The van der Waals surface area contributed by atoms with Crippen molar-refractivity contribution in [1.82, 2.24) is 15.5 Å². The molecule has 1 unspecified atom stereocenters. The molecule has 0 saturated heterocycles. The minimum atomic E-state index is -1.28. The Balaban J connectivity index is 1.48. The summed E-state index contributed by atoms with van der Waals surface area (Å²) in [5.74, 6) is -2.17. The Kier molecular flexibility index (Phi) is 7.49. The number of fused-ring (bicyclic) bond motifs is 1. The van der Waals surface area contributed by atoms with Crippen molar-refractivity contribution in [1.29, 1.82) is 0 Å². The van der Waals surface area contributed by atoms with Gasteiger partial charge >= 0.3 is 5.97 Å². The minimum Gasteiger partial charge on any atom is -0.480 e. The van der Waals surface area contributed by atoms with E-state index in [1.807, 2.05) is 31.2 Å². The van der Waals surface area contributed by atoms with Gasteiger partial charge in [-0.25, -0.2) is 4.79 Å². The van der Waals surface area contributed by atoms with E-state index in [0.717, 1.165) is 16.7 Å². The summed E-state index contributed by atoms with van der Waals surface area (Å²) in [5.41, 5.74) is 4.52. The SMILES string of the molecule is Cc1cc2c(c(C)c1C(=O)NC(CNC(=O)c1cccs1)C(=O)O)CCN(C(=O)c1ccccc1)C2. The Morgan fingerprint density at radius 2 is 1.81 bits per heavy atom. The minimum absolute atomic E-state index is 0.0349. The number of benzene rings is 2. The number of aryl methyl sites for hydroxylation is 1. The van der Waals surface area contributed by atoms with Gasteiger partial charge in [0.2, 0.25) is 0 Å². The number of nitrogens with zero attached hydrogens (tertiary/aromatic N) is 1. The molecule has 3 aromatic rings. The largest absolute Gasteiger partial charge is 0.480 e. The monoisotopic (exact) mass is 505 g/mol. The van der Waals surface area contributed by atoms with Crippen LogP contribution in [-0.2, 0) is 17.8 Å². The van der Waals surface area contributed by atoms with Crippen molar-refractivity contribution in [2.75, 3.05) is 13.1 Å². The normalized spacial score (nSPS) is 13.4. The van der Waals surface area contributed by atoms with Crippen molar-refractivity contribution in [2.45, 2.75) is 32.9 Å². The van der Waals surface area contributed by atoms with E-state index in [0.29, 0.717) is 41.1 Å². The van der Waals surface area contributed by atoms with Gasteiger partial charge in [-0.3, -0.25) is 14.4 Å². The molecule has 0 spiro atoms. The molecule has 36 heavy (non-hydrogen) atoms. The van der Waals surface area contributed by atoms with Gasteiger partial charge in [-0.15, -0.1) is 11.3 Å². The van der Waals surface area contributed by atoms with Crippen molar-refractivity contribution in [3.63, 3.8) is 0 Å². The molecule has 0 radical (unpaired) electrons. The molecule has 0 aliphatic carbocycles. The van der Waals surface area contributed by atoms with E-state index in [-0.39, 0.29) is 18.4 Å². The second-order valence-corrected chi connectivity index (χ2v) is 9.67. The highest BCUT2D eigenvalue weighted by Crippen LogP contribution is 2.28. The predicted molar refractivity (Wildman–Crippen MR) is 136 cm³/mol. The number of hydrogen-bond donors (Lipinski definition) is 3. The van der Waals surface area contributed by atoms with Crippen LogP contribution in [0, 0.1) is 13.8 Å². The Labute approximate surface area is 212 Å². The van der Waals surface area contributed by atoms with Crippen molar-refractivity contribution >= 4 is 35.0 Å². The van der Waals surface area contributed by atoms with Gasteiger partial charge in [-0.2, -0.15) is 0 Å². The molecule has 1 aromatic heterocycles. The standard InChI is InChI=1S/C27H27N3O5S/c1-16-13-19-15-30(26(33)18-7-4-3-5-8-18)11-10-20(19)17(2)23(16)25(32)29-21(27(34)35)14-28-24(31)22-9-6-12-36-22/h3-9,12-13,21H,10-11,14-15H2,1-2H3,(H,28,31)(H,29,32)(H,34,35). The fourth-order valence-corrected chi connectivity index (χ4v) is 5.17. The average Bonchev–Trinajstić information content (AvgIpc) is 3.41.